The Kier molecular flexibility index (Phi) is 2.67. The number of nitrogens with two attached hydrogens (primary N) is 1. The molecule has 6 aliphatic rings. The molecular weight excluding hydrogens is 274 g/mol. The van der Waals surface area contributed by atoms with E-state index in [4.69, 9.17) is 5.73 Å². The molecular formula is C18H27N3O. The smallest absolute Gasteiger partial charge is 0.0984 e. The van der Waals surface area contributed by atoms with Crippen molar-refractivity contribution in [2.75, 3.05) is 6.54 Å². The molecule has 0 amide bonds. The van der Waals surface area contributed by atoms with Crippen LogP contribution in [0.15, 0.2) is 0 Å². The van der Waals surface area contributed by atoms with Crippen LogP contribution >= 0.6 is 0 Å². The molecule has 1 aliphatic heterocycles. The highest BCUT2D eigenvalue weighted by Gasteiger charge is 2.60. The van der Waals surface area contributed by atoms with Crippen molar-refractivity contribution in [1.29, 1.82) is 5.26 Å². The molecule has 5 saturated carbocycles. The molecule has 22 heavy (non-hydrogen) atoms. The standard InChI is InChI=1S/C18H27N3O/c19-8-14-2-13-3-15(13)21(14)9-16(20)17-4-11-1-12(5-17)7-18(22,6-11)10-17/h11-16,22H,1-7,9-10,20H2/t11-,12+,13-,14+,15+,16-,17?,18?/m1/s1. The van der Waals surface area contributed by atoms with Gasteiger partial charge in [-0.2, -0.15) is 5.26 Å². The Labute approximate surface area is 132 Å². The van der Waals surface area contributed by atoms with Crippen molar-refractivity contribution < 1.29 is 5.11 Å². The Morgan fingerprint density at radius 3 is 2.55 bits per heavy atom. The van der Waals surface area contributed by atoms with Gasteiger partial charge in [0.15, 0.2) is 0 Å². The van der Waals surface area contributed by atoms with Gasteiger partial charge in [0.25, 0.3) is 0 Å². The fraction of sp³-hybridized carbons (Fsp3) is 0.944. The van der Waals surface area contributed by atoms with Crippen molar-refractivity contribution in [3.8, 4) is 6.07 Å². The van der Waals surface area contributed by atoms with Crippen molar-refractivity contribution in [2.24, 2.45) is 28.9 Å². The quantitative estimate of drug-likeness (QED) is 0.831. The summed E-state index contributed by atoms with van der Waals surface area (Å²) < 4.78 is 0. The maximum absolute atomic E-state index is 10.9. The average molecular weight is 301 g/mol. The molecule has 1 heterocycles. The first-order valence-corrected chi connectivity index (χ1v) is 9.14. The summed E-state index contributed by atoms with van der Waals surface area (Å²) in [4.78, 5) is 2.40. The molecule has 8 atom stereocenters. The van der Waals surface area contributed by atoms with Gasteiger partial charge in [0, 0.05) is 18.6 Å². The molecule has 4 nitrogen and oxygen atoms in total. The first-order valence-electron chi connectivity index (χ1n) is 9.14. The molecule has 6 fully saturated rings. The van der Waals surface area contributed by atoms with Crippen LogP contribution in [0.5, 0.6) is 0 Å². The lowest BCUT2D eigenvalue weighted by Gasteiger charge is -2.62. The average Bonchev–Trinajstić information content (AvgIpc) is 3.11. The summed E-state index contributed by atoms with van der Waals surface area (Å²) in [6, 6.07) is 3.33. The molecule has 4 bridgehead atoms. The molecule has 4 heteroatoms. The van der Waals surface area contributed by atoms with Crippen LogP contribution in [0.4, 0.5) is 0 Å². The lowest BCUT2D eigenvalue weighted by atomic mass is 9.46. The van der Waals surface area contributed by atoms with E-state index in [0.29, 0.717) is 17.9 Å². The van der Waals surface area contributed by atoms with Gasteiger partial charge in [-0.05, 0) is 74.5 Å². The van der Waals surface area contributed by atoms with Crippen LogP contribution in [0.3, 0.4) is 0 Å². The number of hydrogen-bond acceptors (Lipinski definition) is 4. The van der Waals surface area contributed by atoms with E-state index in [-0.39, 0.29) is 17.5 Å². The third-order valence-electron chi connectivity index (χ3n) is 7.66. The first-order chi connectivity index (χ1) is 10.5. The Bertz CT molecular complexity index is 527. The Morgan fingerprint density at radius 1 is 1.18 bits per heavy atom. The van der Waals surface area contributed by atoms with E-state index in [1.807, 2.05) is 0 Å². The highest BCUT2D eigenvalue weighted by molar-refractivity contribution is 5.16. The van der Waals surface area contributed by atoms with Crippen LogP contribution in [-0.2, 0) is 0 Å². The fourth-order valence-corrected chi connectivity index (χ4v) is 7.07. The zero-order valence-electron chi connectivity index (χ0n) is 13.2. The molecule has 120 valence electrons. The van der Waals surface area contributed by atoms with Gasteiger partial charge in [0.05, 0.1) is 17.7 Å². The van der Waals surface area contributed by atoms with Crippen LogP contribution in [0.2, 0.25) is 0 Å². The largest absolute Gasteiger partial charge is 0.390 e. The van der Waals surface area contributed by atoms with Gasteiger partial charge in [0.2, 0.25) is 0 Å². The second-order valence-corrected chi connectivity index (χ2v) is 9.29. The summed E-state index contributed by atoms with van der Waals surface area (Å²) in [6.45, 7) is 0.870. The van der Waals surface area contributed by atoms with E-state index in [9.17, 15) is 10.4 Å². The van der Waals surface area contributed by atoms with E-state index in [1.165, 1.54) is 25.7 Å². The van der Waals surface area contributed by atoms with Crippen molar-refractivity contribution in [3.63, 3.8) is 0 Å². The van der Waals surface area contributed by atoms with Gasteiger partial charge in [-0.3, -0.25) is 4.90 Å². The Hall–Kier alpha value is -0.630. The summed E-state index contributed by atoms with van der Waals surface area (Å²) in [7, 11) is 0. The Morgan fingerprint density at radius 2 is 1.91 bits per heavy atom. The summed E-state index contributed by atoms with van der Waals surface area (Å²) >= 11 is 0. The molecule has 0 aromatic heterocycles. The van der Waals surface area contributed by atoms with Crippen LogP contribution in [0, 0.1) is 34.5 Å². The number of aliphatic hydroxyl groups is 1. The molecule has 6 rings (SSSR count). The molecule has 2 unspecified atom stereocenters. The molecule has 0 spiro atoms. The van der Waals surface area contributed by atoms with Crippen molar-refractivity contribution in [2.45, 2.75) is 75.1 Å². The summed E-state index contributed by atoms with van der Waals surface area (Å²) in [5.74, 6) is 2.14. The summed E-state index contributed by atoms with van der Waals surface area (Å²) in [5, 5.41) is 20.3. The predicted molar refractivity (Wildman–Crippen MR) is 82.7 cm³/mol. The van der Waals surface area contributed by atoms with Gasteiger partial charge in [-0.25, -0.2) is 0 Å². The number of fused-ring (bicyclic) bond motifs is 1. The summed E-state index contributed by atoms with van der Waals surface area (Å²) in [5.41, 5.74) is 6.46. The second-order valence-electron chi connectivity index (χ2n) is 9.29. The number of hydrogen-bond donors (Lipinski definition) is 2. The highest BCUT2D eigenvalue weighted by Crippen LogP contribution is 2.62. The zero-order chi connectivity index (χ0) is 15.1. The SMILES string of the molecule is N#C[C@@H]1C[C@@H]2C[C@@H]2N1C[C@@H](N)C12C[C@@H]3C[C@@H](CC(O)(C3)C1)C2. The lowest BCUT2D eigenvalue weighted by molar-refractivity contribution is -0.172. The van der Waals surface area contributed by atoms with Crippen molar-refractivity contribution in [1.82, 2.24) is 4.90 Å². The Balaban J connectivity index is 1.37. The second kappa shape index (κ2) is 4.26. The monoisotopic (exact) mass is 301 g/mol. The highest BCUT2D eigenvalue weighted by atomic mass is 16.3. The maximum Gasteiger partial charge on any atom is 0.0984 e. The number of nitriles is 1. The molecule has 0 radical (unpaired) electrons. The first kappa shape index (κ1) is 13.8. The van der Waals surface area contributed by atoms with Crippen molar-refractivity contribution in [3.05, 3.63) is 0 Å². The van der Waals surface area contributed by atoms with Crippen molar-refractivity contribution >= 4 is 0 Å². The van der Waals surface area contributed by atoms with E-state index in [1.54, 1.807) is 0 Å². The van der Waals surface area contributed by atoms with Crippen LogP contribution in [0.25, 0.3) is 0 Å². The van der Waals surface area contributed by atoms with E-state index in [2.05, 4.69) is 11.0 Å². The molecule has 1 saturated heterocycles. The van der Waals surface area contributed by atoms with Gasteiger partial charge in [-0.15, -0.1) is 0 Å². The summed E-state index contributed by atoms with van der Waals surface area (Å²) in [6.07, 6.45) is 8.99. The van der Waals surface area contributed by atoms with Gasteiger partial charge < -0.3 is 10.8 Å². The number of piperidine rings is 1. The molecule has 0 aromatic carbocycles. The topological polar surface area (TPSA) is 73.3 Å². The van der Waals surface area contributed by atoms with Gasteiger partial charge >= 0.3 is 0 Å². The van der Waals surface area contributed by atoms with Crippen LogP contribution in [0.1, 0.15) is 51.4 Å². The van der Waals surface area contributed by atoms with Gasteiger partial charge in [0.1, 0.15) is 0 Å². The number of likely N-dealkylation sites (tertiary alicyclic amines) is 1. The van der Waals surface area contributed by atoms with Crippen LogP contribution in [-0.4, -0.2) is 40.3 Å². The molecule has 0 aromatic rings. The van der Waals surface area contributed by atoms with E-state index in [0.717, 1.165) is 38.1 Å². The maximum atomic E-state index is 10.9. The number of nitrogens with zero attached hydrogens (tertiary/aromatic N) is 2. The third-order valence-corrected chi connectivity index (χ3v) is 7.66. The van der Waals surface area contributed by atoms with E-state index >= 15 is 0 Å². The number of rotatable bonds is 3. The minimum Gasteiger partial charge on any atom is -0.390 e. The lowest BCUT2D eigenvalue weighted by Crippen LogP contribution is -2.63. The normalized spacial score (nSPS) is 56.7. The van der Waals surface area contributed by atoms with Crippen LogP contribution < -0.4 is 5.73 Å². The minimum atomic E-state index is -0.427. The molecule has 3 N–H and O–H groups in total. The predicted octanol–water partition coefficient (Wildman–Crippen LogP) is 1.63. The molecule has 5 aliphatic carbocycles. The van der Waals surface area contributed by atoms with Gasteiger partial charge in [-0.1, -0.05) is 0 Å². The van der Waals surface area contributed by atoms with E-state index < -0.39 is 5.60 Å². The minimum absolute atomic E-state index is 0.0896. The fourth-order valence-electron chi connectivity index (χ4n) is 7.07. The zero-order valence-corrected chi connectivity index (χ0v) is 13.2. The third kappa shape index (κ3) is 1.85.